The Morgan fingerprint density at radius 1 is 1.10 bits per heavy atom. The van der Waals surface area contributed by atoms with Crippen molar-refractivity contribution in [1.82, 2.24) is 0 Å². The Labute approximate surface area is 179 Å². The molecular formula is C24H19N3O4. The first-order valence-corrected chi connectivity index (χ1v) is 9.60. The molecule has 1 heterocycles. The molecule has 4 rings (SSSR count). The van der Waals surface area contributed by atoms with Crippen molar-refractivity contribution in [2.24, 2.45) is 4.99 Å². The number of hydrogen-bond acceptors (Lipinski definition) is 4. The quantitative estimate of drug-likeness (QED) is 0.346. The normalized spacial score (nSPS) is 14.1. The molecule has 0 unspecified atom stereocenters. The van der Waals surface area contributed by atoms with Crippen molar-refractivity contribution < 1.29 is 14.5 Å². The lowest BCUT2D eigenvalue weighted by atomic mass is 10.1. The number of nitrogens with zero attached hydrogens (tertiary/aromatic N) is 3. The van der Waals surface area contributed by atoms with Crippen molar-refractivity contribution in [2.75, 3.05) is 12.0 Å². The van der Waals surface area contributed by atoms with Crippen LogP contribution >= 0.6 is 0 Å². The summed E-state index contributed by atoms with van der Waals surface area (Å²) in [6.45, 7) is 0.600. The maximum absolute atomic E-state index is 12.6. The monoisotopic (exact) mass is 413 g/mol. The van der Waals surface area contributed by atoms with E-state index >= 15 is 0 Å². The number of nitro groups is 1. The van der Waals surface area contributed by atoms with Crippen molar-refractivity contribution in [1.29, 1.82) is 0 Å². The number of methoxy groups -OCH3 is 1. The highest BCUT2D eigenvalue weighted by Gasteiger charge is 2.27. The third-order valence-electron chi connectivity index (χ3n) is 4.94. The molecule has 0 atom stereocenters. The van der Waals surface area contributed by atoms with Gasteiger partial charge in [-0.05, 0) is 41.5 Å². The van der Waals surface area contributed by atoms with Crippen LogP contribution in [-0.2, 0) is 11.3 Å². The molecule has 154 valence electrons. The van der Waals surface area contributed by atoms with E-state index in [1.54, 1.807) is 19.2 Å². The van der Waals surface area contributed by atoms with Crippen molar-refractivity contribution in [2.45, 2.75) is 6.54 Å². The van der Waals surface area contributed by atoms with Crippen molar-refractivity contribution >= 4 is 29.2 Å². The van der Waals surface area contributed by atoms with E-state index in [1.165, 1.54) is 24.3 Å². The maximum atomic E-state index is 12.6. The third kappa shape index (κ3) is 4.35. The molecule has 0 saturated carbocycles. The van der Waals surface area contributed by atoms with E-state index in [4.69, 9.17) is 4.74 Å². The average Bonchev–Trinajstić information content (AvgIpc) is 3.16. The molecule has 7 heteroatoms. The summed E-state index contributed by atoms with van der Waals surface area (Å²) < 4.78 is 5.23. The number of hydrogen-bond donors (Lipinski definition) is 0. The fourth-order valence-electron chi connectivity index (χ4n) is 3.41. The van der Waals surface area contributed by atoms with Crippen LogP contribution in [-0.4, -0.2) is 23.8 Å². The van der Waals surface area contributed by atoms with Gasteiger partial charge in [-0.1, -0.05) is 36.4 Å². The van der Waals surface area contributed by atoms with E-state index in [2.05, 4.69) is 4.99 Å². The number of aliphatic imine (C=N–C) groups is 1. The van der Waals surface area contributed by atoms with Crippen LogP contribution in [0.1, 0.15) is 16.7 Å². The second kappa shape index (κ2) is 8.62. The fourth-order valence-corrected chi connectivity index (χ4v) is 3.41. The summed E-state index contributed by atoms with van der Waals surface area (Å²) in [5.74, 6) is 0.862. The highest BCUT2D eigenvalue weighted by Crippen LogP contribution is 2.30. The number of benzene rings is 3. The smallest absolute Gasteiger partial charge is 0.271 e. The van der Waals surface area contributed by atoms with Gasteiger partial charge in [0.05, 0.1) is 18.6 Å². The summed E-state index contributed by atoms with van der Waals surface area (Å²) in [4.78, 5) is 29.4. The van der Waals surface area contributed by atoms with E-state index in [0.29, 0.717) is 17.9 Å². The van der Waals surface area contributed by atoms with E-state index in [9.17, 15) is 14.9 Å². The Hall–Kier alpha value is -4.26. The number of carbonyl (C=O) groups is 1. The van der Waals surface area contributed by atoms with Gasteiger partial charge in [0.25, 0.3) is 11.6 Å². The SMILES string of the molecule is COc1ccc(N2Cc3ccccc3C2=NC(=O)C=Cc2cccc([N+](=O)[O-])c2)cc1. The van der Waals surface area contributed by atoms with E-state index in [1.807, 2.05) is 53.4 Å². The number of fused-ring (bicyclic) bond motifs is 1. The van der Waals surface area contributed by atoms with Crippen LogP contribution in [0.3, 0.4) is 0 Å². The molecule has 0 bridgehead atoms. The van der Waals surface area contributed by atoms with Gasteiger partial charge in [-0.15, -0.1) is 0 Å². The van der Waals surface area contributed by atoms with Gasteiger partial charge in [-0.3, -0.25) is 14.9 Å². The molecule has 31 heavy (non-hydrogen) atoms. The predicted molar refractivity (Wildman–Crippen MR) is 119 cm³/mol. The van der Waals surface area contributed by atoms with Crippen LogP contribution in [0.4, 0.5) is 11.4 Å². The third-order valence-corrected chi connectivity index (χ3v) is 4.94. The largest absolute Gasteiger partial charge is 0.497 e. The zero-order valence-electron chi connectivity index (χ0n) is 16.8. The minimum atomic E-state index is -0.471. The number of non-ortho nitro benzene ring substituents is 1. The average molecular weight is 413 g/mol. The van der Waals surface area contributed by atoms with Gasteiger partial charge >= 0.3 is 0 Å². The molecule has 0 N–H and O–H groups in total. The molecule has 1 amide bonds. The number of amides is 1. The summed E-state index contributed by atoms with van der Waals surface area (Å²) in [6.07, 6.45) is 2.84. The number of rotatable bonds is 5. The highest BCUT2D eigenvalue weighted by molar-refractivity contribution is 6.18. The van der Waals surface area contributed by atoms with Crippen LogP contribution in [0.2, 0.25) is 0 Å². The zero-order valence-corrected chi connectivity index (χ0v) is 16.8. The first kappa shape index (κ1) is 20.0. The summed E-state index contributed by atoms with van der Waals surface area (Å²) in [5.41, 5.74) is 3.40. The molecule has 0 spiro atoms. The molecule has 7 nitrogen and oxygen atoms in total. The van der Waals surface area contributed by atoms with E-state index < -0.39 is 10.8 Å². The Morgan fingerprint density at radius 3 is 2.61 bits per heavy atom. The van der Waals surface area contributed by atoms with Crippen molar-refractivity contribution in [3.63, 3.8) is 0 Å². The van der Waals surface area contributed by atoms with Gasteiger partial charge in [0, 0.05) is 29.5 Å². The molecular weight excluding hydrogens is 394 g/mol. The Balaban J connectivity index is 1.64. The summed E-state index contributed by atoms with van der Waals surface area (Å²) in [5, 5.41) is 10.9. The topological polar surface area (TPSA) is 85.0 Å². The number of ether oxygens (including phenoxy) is 1. The lowest BCUT2D eigenvalue weighted by Gasteiger charge is -2.19. The van der Waals surface area contributed by atoms with Crippen LogP contribution in [0.15, 0.2) is 83.9 Å². The number of carbonyl (C=O) groups excluding carboxylic acids is 1. The molecule has 1 aliphatic rings. The molecule has 0 aliphatic carbocycles. The Kier molecular flexibility index (Phi) is 5.57. The molecule has 0 saturated heterocycles. The van der Waals surface area contributed by atoms with Crippen LogP contribution in [0, 0.1) is 10.1 Å². The van der Waals surface area contributed by atoms with Crippen molar-refractivity contribution in [3.8, 4) is 5.75 Å². The second-order valence-electron chi connectivity index (χ2n) is 6.90. The first-order valence-electron chi connectivity index (χ1n) is 9.60. The van der Waals surface area contributed by atoms with Gasteiger partial charge < -0.3 is 9.64 Å². The zero-order chi connectivity index (χ0) is 21.8. The van der Waals surface area contributed by atoms with Gasteiger partial charge in [0.1, 0.15) is 11.6 Å². The number of anilines is 1. The van der Waals surface area contributed by atoms with Gasteiger partial charge in [-0.2, -0.15) is 4.99 Å². The maximum Gasteiger partial charge on any atom is 0.271 e. The highest BCUT2D eigenvalue weighted by atomic mass is 16.6. The van der Waals surface area contributed by atoms with Gasteiger partial charge in [0.2, 0.25) is 0 Å². The van der Waals surface area contributed by atoms with Gasteiger partial charge in [0.15, 0.2) is 0 Å². The number of nitro benzene ring substituents is 1. The molecule has 0 aromatic heterocycles. The number of amidine groups is 1. The molecule has 1 aliphatic heterocycles. The van der Waals surface area contributed by atoms with Crippen molar-refractivity contribution in [3.05, 3.63) is 106 Å². The van der Waals surface area contributed by atoms with Gasteiger partial charge in [-0.25, -0.2) is 0 Å². The first-order chi connectivity index (χ1) is 15.0. The minimum absolute atomic E-state index is 0.0312. The standard InChI is InChI=1S/C24H19N3O4/c1-31-21-12-10-19(11-13-21)26-16-18-6-2-3-8-22(18)24(26)25-23(28)14-9-17-5-4-7-20(15-17)27(29)30/h2-15H,16H2,1H3. The molecule has 3 aromatic carbocycles. The minimum Gasteiger partial charge on any atom is -0.497 e. The summed E-state index contributed by atoms with van der Waals surface area (Å²) in [6, 6.07) is 21.5. The van der Waals surface area contributed by atoms with Crippen LogP contribution < -0.4 is 9.64 Å². The molecule has 0 fully saturated rings. The Morgan fingerprint density at radius 2 is 1.87 bits per heavy atom. The lowest BCUT2D eigenvalue weighted by molar-refractivity contribution is -0.384. The second-order valence-corrected chi connectivity index (χ2v) is 6.90. The summed E-state index contributed by atoms with van der Waals surface area (Å²) in [7, 11) is 1.61. The Bertz CT molecular complexity index is 1200. The summed E-state index contributed by atoms with van der Waals surface area (Å²) >= 11 is 0. The lowest BCUT2D eigenvalue weighted by Crippen LogP contribution is -2.25. The van der Waals surface area contributed by atoms with E-state index in [-0.39, 0.29) is 5.69 Å². The van der Waals surface area contributed by atoms with Crippen LogP contribution in [0.25, 0.3) is 6.08 Å². The van der Waals surface area contributed by atoms with E-state index in [0.717, 1.165) is 22.6 Å². The van der Waals surface area contributed by atoms with Crippen LogP contribution in [0.5, 0.6) is 5.75 Å². The predicted octanol–water partition coefficient (Wildman–Crippen LogP) is 4.61. The molecule has 0 radical (unpaired) electrons. The molecule has 3 aromatic rings. The fraction of sp³-hybridized carbons (Fsp3) is 0.0833.